The highest BCUT2D eigenvalue weighted by Gasteiger charge is 2.27. The van der Waals surface area contributed by atoms with E-state index in [-0.39, 0.29) is 42.5 Å². The molecule has 0 spiro atoms. The number of thiazole rings is 1. The summed E-state index contributed by atoms with van der Waals surface area (Å²) in [6.45, 7) is 2.59. The molecule has 9 nitrogen and oxygen atoms in total. The maximum Gasteiger partial charge on any atom is 0.286 e. The Balaban J connectivity index is 1.73. The second-order valence-electron chi connectivity index (χ2n) is 6.93. The van der Waals surface area contributed by atoms with Crippen molar-refractivity contribution in [1.82, 2.24) is 9.88 Å². The normalized spacial score (nSPS) is 10.5. The lowest BCUT2D eigenvalue weighted by Gasteiger charge is -2.19. The van der Waals surface area contributed by atoms with E-state index in [0.717, 1.165) is 5.56 Å². The zero-order valence-corrected chi connectivity index (χ0v) is 18.8. The van der Waals surface area contributed by atoms with Crippen molar-refractivity contribution >= 4 is 22.9 Å². The molecule has 0 saturated heterocycles. The summed E-state index contributed by atoms with van der Waals surface area (Å²) in [5.41, 5.74) is 3.01. The average molecular weight is 458 g/mol. The van der Waals surface area contributed by atoms with Gasteiger partial charge in [0.15, 0.2) is 11.5 Å². The molecule has 2 aromatic carbocycles. The van der Waals surface area contributed by atoms with Gasteiger partial charge in [0.1, 0.15) is 24.5 Å². The van der Waals surface area contributed by atoms with Crippen molar-refractivity contribution in [2.75, 3.05) is 27.3 Å². The largest absolute Gasteiger partial charge is 0.493 e. The Morgan fingerprint density at radius 1 is 1.19 bits per heavy atom. The van der Waals surface area contributed by atoms with Crippen LogP contribution in [0.25, 0.3) is 0 Å². The molecule has 168 valence electrons. The molecule has 0 N–H and O–H groups in total. The lowest BCUT2D eigenvalue weighted by Crippen LogP contribution is -2.31. The monoisotopic (exact) mass is 457 g/mol. The Morgan fingerprint density at radius 2 is 1.94 bits per heavy atom. The lowest BCUT2D eigenvalue weighted by molar-refractivity contribution is -0.385. The van der Waals surface area contributed by atoms with E-state index in [0.29, 0.717) is 11.4 Å². The van der Waals surface area contributed by atoms with Crippen molar-refractivity contribution in [3.05, 3.63) is 74.2 Å². The van der Waals surface area contributed by atoms with E-state index in [4.69, 9.17) is 14.2 Å². The van der Waals surface area contributed by atoms with Gasteiger partial charge in [0, 0.05) is 18.5 Å². The quantitative estimate of drug-likeness (QED) is 0.333. The third kappa shape index (κ3) is 5.73. The zero-order valence-electron chi connectivity index (χ0n) is 17.9. The first-order valence-electron chi connectivity index (χ1n) is 9.70. The number of hydrogen-bond donors (Lipinski definition) is 0. The van der Waals surface area contributed by atoms with E-state index < -0.39 is 10.8 Å². The number of nitro benzene ring substituents is 1. The molecule has 0 radical (unpaired) electrons. The number of nitro groups is 1. The summed E-state index contributed by atoms with van der Waals surface area (Å²) < 4.78 is 16.6. The fraction of sp³-hybridized carbons (Fsp3) is 0.273. The number of amides is 1. The van der Waals surface area contributed by atoms with Crippen molar-refractivity contribution in [1.29, 1.82) is 0 Å². The van der Waals surface area contributed by atoms with Crippen LogP contribution in [0, 0.1) is 17.0 Å². The molecule has 3 aromatic rings. The van der Waals surface area contributed by atoms with E-state index in [2.05, 4.69) is 4.98 Å². The van der Waals surface area contributed by atoms with Gasteiger partial charge in [-0.2, -0.15) is 0 Å². The summed E-state index contributed by atoms with van der Waals surface area (Å²) in [6, 6.07) is 10.1. The summed E-state index contributed by atoms with van der Waals surface area (Å²) in [6.07, 6.45) is 0. The molecule has 3 rings (SSSR count). The summed E-state index contributed by atoms with van der Waals surface area (Å²) in [5.74, 6) is 0.548. The number of benzene rings is 2. The molecule has 0 aliphatic heterocycles. The Bertz CT molecular complexity index is 1070. The van der Waals surface area contributed by atoms with Gasteiger partial charge in [-0.3, -0.25) is 14.9 Å². The Labute approximate surface area is 189 Å². The van der Waals surface area contributed by atoms with Crippen molar-refractivity contribution < 1.29 is 23.9 Å². The van der Waals surface area contributed by atoms with Crippen LogP contribution in [0.2, 0.25) is 0 Å². The standard InChI is InChI=1S/C22H23N3O6S/c1-15-4-6-17(7-5-15)30-9-8-24(2)22(26)18-10-20(29-3)21(11-19(18)25(27)28)31-12-16-13-32-14-23-16/h4-7,10-11,13-14H,8-9,12H2,1-3H3. The van der Waals surface area contributed by atoms with Crippen LogP contribution in [-0.2, 0) is 6.61 Å². The van der Waals surface area contributed by atoms with Gasteiger partial charge in [-0.25, -0.2) is 4.98 Å². The molecule has 1 heterocycles. The second kappa shape index (κ2) is 10.6. The molecular weight excluding hydrogens is 434 g/mol. The number of hydrogen-bond acceptors (Lipinski definition) is 8. The first-order valence-corrected chi connectivity index (χ1v) is 10.6. The van der Waals surface area contributed by atoms with Crippen molar-refractivity contribution in [2.45, 2.75) is 13.5 Å². The molecule has 10 heteroatoms. The van der Waals surface area contributed by atoms with Gasteiger partial charge in [0.05, 0.1) is 35.8 Å². The molecule has 1 aromatic heterocycles. The molecule has 0 saturated carbocycles. The predicted molar refractivity (Wildman–Crippen MR) is 120 cm³/mol. The number of carbonyl (C=O) groups is 1. The highest BCUT2D eigenvalue weighted by atomic mass is 32.1. The summed E-state index contributed by atoms with van der Waals surface area (Å²) in [7, 11) is 2.97. The number of likely N-dealkylation sites (N-methyl/N-ethyl adjacent to an activating group) is 1. The molecule has 0 aliphatic carbocycles. The van der Waals surface area contributed by atoms with Gasteiger partial charge in [0.2, 0.25) is 0 Å². The topological polar surface area (TPSA) is 104 Å². The molecule has 0 atom stereocenters. The predicted octanol–water partition coefficient (Wildman–Crippen LogP) is 4.10. The van der Waals surface area contributed by atoms with Gasteiger partial charge >= 0.3 is 0 Å². The Hall–Kier alpha value is -3.66. The van der Waals surface area contributed by atoms with Crippen LogP contribution in [-0.4, -0.2) is 48.0 Å². The van der Waals surface area contributed by atoms with Crippen LogP contribution in [0.1, 0.15) is 21.6 Å². The molecular formula is C22H23N3O6S. The minimum atomic E-state index is -0.612. The maximum atomic E-state index is 12.9. The maximum absolute atomic E-state index is 12.9. The van der Waals surface area contributed by atoms with Gasteiger partial charge < -0.3 is 19.1 Å². The SMILES string of the molecule is COc1cc(C(=O)N(C)CCOc2ccc(C)cc2)c([N+](=O)[O-])cc1OCc1cscn1. The Morgan fingerprint density at radius 3 is 2.56 bits per heavy atom. The highest BCUT2D eigenvalue weighted by molar-refractivity contribution is 7.07. The lowest BCUT2D eigenvalue weighted by atomic mass is 10.1. The van der Waals surface area contributed by atoms with Crippen molar-refractivity contribution in [3.8, 4) is 17.2 Å². The molecule has 0 unspecified atom stereocenters. The third-order valence-electron chi connectivity index (χ3n) is 4.63. The molecule has 32 heavy (non-hydrogen) atoms. The number of methoxy groups -OCH3 is 1. The van der Waals surface area contributed by atoms with Crippen LogP contribution in [0.15, 0.2) is 47.3 Å². The molecule has 0 aliphatic rings. The number of carbonyl (C=O) groups excluding carboxylic acids is 1. The van der Waals surface area contributed by atoms with Crippen LogP contribution in [0.4, 0.5) is 5.69 Å². The summed E-state index contributed by atoms with van der Waals surface area (Å²) in [5, 5.41) is 13.5. The minimum Gasteiger partial charge on any atom is -0.493 e. The van der Waals surface area contributed by atoms with Crippen LogP contribution < -0.4 is 14.2 Å². The fourth-order valence-corrected chi connectivity index (χ4v) is 3.39. The van der Waals surface area contributed by atoms with Crippen LogP contribution in [0.5, 0.6) is 17.2 Å². The van der Waals surface area contributed by atoms with Gasteiger partial charge in [-0.1, -0.05) is 17.7 Å². The van der Waals surface area contributed by atoms with Crippen LogP contribution >= 0.6 is 11.3 Å². The smallest absolute Gasteiger partial charge is 0.286 e. The third-order valence-corrected chi connectivity index (χ3v) is 5.27. The summed E-state index contributed by atoms with van der Waals surface area (Å²) >= 11 is 1.42. The Kier molecular flexibility index (Phi) is 7.61. The highest BCUT2D eigenvalue weighted by Crippen LogP contribution is 2.35. The molecule has 0 fully saturated rings. The zero-order chi connectivity index (χ0) is 23.1. The van der Waals surface area contributed by atoms with E-state index in [1.54, 1.807) is 12.6 Å². The average Bonchev–Trinajstić information content (AvgIpc) is 3.31. The first-order chi connectivity index (χ1) is 15.4. The molecule has 0 bridgehead atoms. The number of nitrogens with zero attached hydrogens (tertiary/aromatic N) is 3. The van der Waals surface area contributed by atoms with Crippen LogP contribution in [0.3, 0.4) is 0 Å². The van der Waals surface area contributed by atoms with Gasteiger partial charge in [-0.05, 0) is 19.1 Å². The summed E-state index contributed by atoms with van der Waals surface area (Å²) in [4.78, 5) is 29.5. The minimum absolute atomic E-state index is 0.0919. The van der Waals surface area contributed by atoms with E-state index >= 15 is 0 Å². The van der Waals surface area contributed by atoms with Gasteiger partial charge in [-0.15, -0.1) is 11.3 Å². The number of aryl methyl sites for hydroxylation is 1. The van der Waals surface area contributed by atoms with E-state index in [9.17, 15) is 14.9 Å². The fourth-order valence-electron chi connectivity index (χ4n) is 2.85. The second-order valence-corrected chi connectivity index (χ2v) is 7.65. The first kappa shape index (κ1) is 23.0. The van der Waals surface area contributed by atoms with Crippen molar-refractivity contribution in [3.63, 3.8) is 0 Å². The van der Waals surface area contributed by atoms with E-state index in [1.807, 2.05) is 36.6 Å². The van der Waals surface area contributed by atoms with Crippen molar-refractivity contribution in [2.24, 2.45) is 0 Å². The van der Waals surface area contributed by atoms with E-state index in [1.165, 1.54) is 35.5 Å². The number of ether oxygens (including phenoxy) is 3. The number of aromatic nitrogens is 1. The number of rotatable bonds is 10. The van der Waals surface area contributed by atoms with Gasteiger partial charge in [0.25, 0.3) is 11.6 Å². The molecule has 1 amide bonds.